The number of hydrogen-bond donors (Lipinski definition) is 2. The van der Waals surface area contributed by atoms with Gasteiger partial charge in [-0.3, -0.25) is 9.44 Å². The van der Waals surface area contributed by atoms with Crippen molar-refractivity contribution in [2.45, 2.75) is 9.79 Å². The highest BCUT2D eigenvalue weighted by molar-refractivity contribution is 9.11. The molecule has 0 spiro atoms. The van der Waals surface area contributed by atoms with Crippen molar-refractivity contribution in [3.8, 4) is 5.75 Å². The predicted molar refractivity (Wildman–Crippen MR) is 123 cm³/mol. The van der Waals surface area contributed by atoms with Crippen LogP contribution in [-0.4, -0.2) is 23.9 Å². The average Bonchev–Trinajstić information content (AvgIpc) is 2.70. The van der Waals surface area contributed by atoms with Crippen LogP contribution in [0.2, 0.25) is 0 Å². The Morgan fingerprint density at radius 2 is 1.43 bits per heavy atom. The number of benzene rings is 3. The molecule has 3 aromatic rings. The summed E-state index contributed by atoms with van der Waals surface area (Å²) < 4.78 is 61.8. The van der Waals surface area contributed by atoms with Gasteiger partial charge in [-0.1, -0.05) is 22.0 Å². The number of halogens is 2. The number of methoxy groups -OCH3 is 1. The van der Waals surface area contributed by atoms with Gasteiger partial charge in [0, 0.05) is 14.6 Å². The number of rotatable bonds is 7. The van der Waals surface area contributed by atoms with E-state index in [1.165, 1.54) is 37.4 Å². The summed E-state index contributed by atoms with van der Waals surface area (Å²) in [5.41, 5.74) is 0.458. The first kappa shape index (κ1) is 22.6. The number of sulfonamides is 2. The van der Waals surface area contributed by atoms with Crippen LogP contribution in [0.5, 0.6) is 5.75 Å². The summed E-state index contributed by atoms with van der Waals surface area (Å²) in [5.74, 6) is 0.591. The summed E-state index contributed by atoms with van der Waals surface area (Å²) in [6.07, 6.45) is 0. The zero-order valence-electron chi connectivity index (χ0n) is 15.5. The summed E-state index contributed by atoms with van der Waals surface area (Å²) in [5, 5.41) is 0. The molecule has 158 valence electrons. The van der Waals surface area contributed by atoms with Crippen LogP contribution in [0.15, 0.2) is 85.5 Å². The van der Waals surface area contributed by atoms with Crippen LogP contribution in [0.3, 0.4) is 0 Å². The largest absolute Gasteiger partial charge is 0.497 e. The van der Waals surface area contributed by atoms with E-state index in [-0.39, 0.29) is 15.5 Å². The van der Waals surface area contributed by atoms with Crippen LogP contribution in [0.4, 0.5) is 11.4 Å². The average molecular weight is 576 g/mol. The molecular formula is C19H16Br2N2O5S2. The second-order valence-electron chi connectivity index (χ2n) is 6.04. The maximum Gasteiger partial charge on any atom is 0.263 e. The lowest BCUT2D eigenvalue weighted by molar-refractivity contribution is 0.415. The molecule has 7 nitrogen and oxygen atoms in total. The monoisotopic (exact) mass is 574 g/mol. The van der Waals surface area contributed by atoms with E-state index < -0.39 is 20.0 Å². The van der Waals surface area contributed by atoms with E-state index in [2.05, 4.69) is 41.3 Å². The van der Waals surface area contributed by atoms with E-state index in [1.54, 1.807) is 36.4 Å². The van der Waals surface area contributed by atoms with Crippen LogP contribution < -0.4 is 14.2 Å². The second-order valence-corrected chi connectivity index (χ2v) is 11.1. The molecule has 0 saturated heterocycles. The van der Waals surface area contributed by atoms with Gasteiger partial charge >= 0.3 is 0 Å². The van der Waals surface area contributed by atoms with Crippen LogP contribution in [-0.2, 0) is 20.0 Å². The van der Waals surface area contributed by atoms with Crippen molar-refractivity contribution in [1.29, 1.82) is 0 Å². The molecule has 0 aliphatic rings. The van der Waals surface area contributed by atoms with Crippen molar-refractivity contribution in [1.82, 2.24) is 0 Å². The maximum absolute atomic E-state index is 12.7. The third-order valence-electron chi connectivity index (χ3n) is 3.92. The number of hydrogen-bond acceptors (Lipinski definition) is 5. The SMILES string of the molecule is COc1ccc(NS(=O)(=O)c2cccc(NS(=O)(=O)c3cc(Br)ccc3Br)c2)cc1. The lowest BCUT2D eigenvalue weighted by atomic mass is 10.3. The van der Waals surface area contributed by atoms with E-state index in [1.807, 2.05) is 0 Å². The Hall–Kier alpha value is -2.08. The van der Waals surface area contributed by atoms with Gasteiger partial charge in [-0.2, -0.15) is 0 Å². The molecule has 0 atom stereocenters. The van der Waals surface area contributed by atoms with E-state index in [0.717, 1.165) is 0 Å². The Morgan fingerprint density at radius 3 is 2.10 bits per heavy atom. The molecule has 0 radical (unpaired) electrons. The zero-order chi connectivity index (χ0) is 21.9. The molecule has 0 saturated carbocycles. The van der Waals surface area contributed by atoms with Gasteiger partial charge in [0.05, 0.1) is 17.7 Å². The first-order valence-corrected chi connectivity index (χ1v) is 12.9. The fraction of sp³-hybridized carbons (Fsp3) is 0.0526. The van der Waals surface area contributed by atoms with E-state index >= 15 is 0 Å². The molecule has 2 N–H and O–H groups in total. The number of anilines is 2. The minimum atomic E-state index is -3.95. The van der Waals surface area contributed by atoms with Crippen LogP contribution in [0.1, 0.15) is 0 Å². The van der Waals surface area contributed by atoms with Gasteiger partial charge in [-0.05, 0) is 76.6 Å². The summed E-state index contributed by atoms with van der Waals surface area (Å²) in [7, 11) is -6.37. The summed E-state index contributed by atoms with van der Waals surface area (Å²) in [6.45, 7) is 0. The molecule has 0 aliphatic heterocycles. The van der Waals surface area contributed by atoms with Crippen molar-refractivity contribution >= 4 is 63.3 Å². The van der Waals surface area contributed by atoms with Crippen LogP contribution in [0.25, 0.3) is 0 Å². The Labute approximate surface area is 191 Å². The quantitative estimate of drug-likeness (QED) is 0.420. The van der Waals surface area contributed by atoms with Crippen molar-refractivity contribution in [2.24, 2.45) is 0 Å². The number of nitrogens with one attached hydrogen (secondary N) is 2. The molecule has 3 rings (SSSR count). The van der Waals surface area contributed by atoms with Gasteiger partial charge in [0.2, 0.25) is 0 Å². The normalized spacial score (nSPS) is 11.7. The molecule has 11 heteroatoms. The van der Waals surface area contributed by atoms with Crippen molar-refractivity contribution in [2.75, 3.05) is 16.6 Å². The summed E-state index contributed by atoms with van der Waals surface area (Å²) in [6, 6.07) is 16.6. The first-order chi connectivity index (χ1) is 14.1. The lowest BCUT2D eigenvalue weighted by Gasteiger charge is -2.12. The summed E-state index contributed by atoms with van der Waals surface area (Å²) in [4.78, 5) is -0.0756. The summed E-state index contributed by atoms with van der Waals surface area (Å²) >= 11 is 6.46. The smallest absolute Gasteiger partial charge is 0.263 e. The van der Waals surface area contributed by atoms with Gasteiger partial charge in [0.25, 0.3) is 20.0 Å². The lowest BCUT2D eigenvalue weighted by Crippen LogP contribution is -2.16. The Kier molecular flexibility index (Phi) is 6.75. The van der Waals surface area contributed by atoms with Gasteiger partial charge in [0.1, 0.15) is 10.6 Å². The third-order valence-corrected chi connectivity index (χ3v) is 8.17. The predicted octanol–water partition coefficient (Wildman–Crippen LogP) is 4.82. The van der Waals surface area contributed by atoms with Gasteiger partial charge in [-0.15, -0.1) is 0 Å². The highest BCUT2D eigenvalue weighted by Crippen LogP contribution is 2.28. The molecule has 3 aromatic carbocycles. The van der Waals surface area contributed by atoms with Crippen molar-refractivity contribution < 1.29 is 21.6 Å². The third kappa shape index (κ3) is 5.34. The fourth-order valence-electron chi connectivity index (χ4n) is 2.49. The van der Waals surface area contributed by atoms with Crippen LogP contribution >= 0.6 is 31.9 Å². The molecule has 0 fully saturated rings. The molecule has 0 aromatic heterocycles. The number of ether oxygens (including phenoxy) is 1. The van der Waals surface area contributed by atoms with E-state index in [4.69, 9.17) is 4.74 Å². The molecule has 0 unspecified atom stereocenters. The standard InChI is InChI=1S/C19H16Br2N2O5S2/c1-28-16-8-6-14(7-9-16)22-29(24,25)17-4-2-3-15(12-17)23-30(26,27)19-11-13(20)5-10-18(19)21/h2-12,22-23H,1H3. The molecule has 30 heavy (non-hydrogen) atoms. The molecule has 0 amide bonds. The van der Waals surface area contributed by atoms with Gasteiger partial charge in [-0.25, -0.2) is 16.8 Å². The van der Waals surface area contributed by atoms with Gasteiger partial charge < -0.3 is 4.74 Å². The minimum Gasteiger partial charge on any atom is -0.497 e. The zero-order valence-corrected chi connectivity index (χ0v) is 20.3. The topological polar surface area (TPSA) is 102 Å². The first-order valence-electron chi connectivity index (χ1n) is 8.35. The minimum absolute atomic E-state index is 0.0153. The van der Waals surface area contributed by atoms with E-state index in [0.29, 0.717) is 20.4 Å². The highest BCUT2D eigenvalue weighted by atomic mass is 79.9. The Bertz CT molecular complexity index is 1280. The maximum atomic E-state index is 12.7. The fourth-order valence-corrected chi connectivity index (χ4v) is 6.15. The van der Waals surface area contributed by atoms with Gasteiger partial charge in [0.15, 0.2) is 0 Å². The molecular weight excluding hydrogens is 560 g/mol. The molecule has 0 aliphatic carbocycles. The highest BCUT2D eigenvalue weighted by Gasteiger charge is 2.20. The molecule has 0 bridgehead atoms. The Balaban J connectivity index is 1.87. The molecule has 0 heterocycles. The van der Waals surface area contributed by atoms with Crippen LogP contribution in [0, 0.1) is 0 Å². The second kappa shape index (κ2) is 8.96. The van der Waals surface area contributed by atoms with Crippen molar-refractivity contribution in [3.63, 3.8) is 0 Å². The Morgan fingerprint density at radius 1 is 0.767 bits per heavy atom. The van der Waals surface area contributed by atoms with Crippen molar-refractivity contribution in [3.05, 3.63) is 75.7 Å². The van der Waals surface area contributed by atoms with E-state index in [9.17, 15) is 16.8 Å².